The van der Waals surface area contributed by atoms with Crippen LogP contribution in [0.2, 0.25) is 5.02 Å². The number of hydrogen-bond donors (Lipinski definition) is 0. The molecule has 0 spiro atoms. The SMILES string of the molecule is CSCCN(C)S(=O)(=O)c1ccc(C#N)cc1Cl. The van der Waals surface area contributed by atoms with Gasteiger partial charge in [-0.15, -0.1) is 0 Å². The predicted molar refractivity (Wildman–Crippen MR) is 74.4 cm³/mol. The lowest BCUT2D eigenvalue weighted by Gasteiger charge is -2.17. The molecule has 0 aliphatic rings. The van der Waals surface area contributed by atoms with Crippen LogP contribution < -0.4 is 0 Å². The van der Waals surface area contributed by atoms with Gasteiger partial charge in [-0.05, 0) is 24.5 Å². The molecule has 0 N–H and O–H groups in total. The Balaban J connectivity index is 3.09. The van der Waals surface area contributed by atoms with Crippen LogP contribution in [0.4, 0.5) is 0 Å². The summed E-state index contributed by atoms with van der Waals surface area (Å²) >= 11 is 7.48. The van der Waals surface area contributed by atoms with Crippen LogP contribution in [0.1, 0.15) is 5.56 Å². The number of hydrogen-bond acceptors (Lipinski definition) is 4. The van der Waals surface area contributed by atoms with E-state index in [9.17, 15) is 8.42 Å². The minimum Gasteiger partial charge on any atom is -0.207 e. The molecule has 1 aromatic carbocycles. The van der Waals surface area contributed by atoms with Gasteiger partial charge in [0.1, 0.15) is 4.90 Å². The van der Waals surface area contributed by atoms with Crippen molar-refractivity contribution in [1.82, 2.24) is 4.31 Å². The number of benzene rings is 1. The van der Waals surface area contributed by atoms with Crippen LogP contribution in [0, 0.1) is 11.3 Å². The van der Waals surface area contributed by atoms with E-state index in [1.807, 2.05) is 12.3 Å². The van der Waals surface area contributed by atoms with E-state index in [4.69, 9.17) is 16.9 Å². The lowest BCUT2D eigenvalue weighted by Crippen LogP contribution is -2.29. The highest BCUT2D eigenvalue weighted by Crippen LogP contribution is 2.25. The maximum Gasteiger partial charge on any atom is 0.244 e. The Labute approximate surface area is 117 Å². The van der Waals surface area contributed by atoms with Gasteiger partial charge in [-0.2, -0.15) is 17.0 Å². The van der Waals surface area contributed by atoms with Crippen molar-refractivity contribution in [3.8, 4) is 6.07 Å². The third-order valence-corrected chi connectivity index (χ3v) is 5.29. The molecule has 0 fully saturated rings. The molecular formula is C11H13ClN2O2S2. The third-order valence-electron chi connectivity index (χ3n) is 2.36. The summed E-state index contributed by atoms with van der Waals surface area (Å²) in [6.45, 7) is 0.416. The van der Waals surface area contributed by atoms with Crippen LogP contribution >= 0.6 is 23.4 Å². The van der Waals surface area contributed by atoms with E-state index in [1.54, 1.807) is 11.8 Å². The van der Waals surface area contributed by atoms with E-state index in [-0.39, 0.29) is 9.92 Å². The highest BCUT2D eigenvalue weighted by atomic mass is 35.5. The first kappa shape index (κ1) is 15.3. The number of halogens is 1. The van der Waals surface area contributed by atoms with Gasteiger partial charge in [0.2, 0.25) is 10.0 Å². The molecule has 0 bridgehead atoms. The smallest absolute Gasteiger partial charge is 0.207 e. The molecule has 18 heavy (non-hydrogen) atoms. The van der Waals surface area contributed by atoms with Gasteiger partial charge < -0.3 is 0 Å². The van der Waals surface area contributed by atoms with Crippen molar-refractivity contribution in [2.75, 3.05) is 25.6 Å². The zero-order chi connectivity index (χ0) is 13.8. The van der Waals surface area contributed by atoms with Gasteiger partial charge >= 0.3 is 0 Å². The minimum atomic E-state index is -3.59. The first-order valence-corrected chi connectivity index (χ1v) is 8.29. The van der Waals surface area contributed by atoms with Crippen LogP contribution in [0.5, 0.6) is 0 Å². The summed E-state index contributed by atoms with van der Waals surface area (Å²) in [4.78, 5) is 0.0340. The van der Waals surface area contributed by atoms with Crippen molar-refractivity contribution in [3.05, 3.63) is 28.8 Å². The molecule has 0 saturated heterocycles. The molecule has 0 aliphatic carbocycles. The standard InChI is InChI=1S/C11H13ClN2O2S2/c1-14(5-6-17-2)18(15,16)11-4-3-9(8-13)7-10(11)12/h3-4,7H,5-6H2,1-2H3. The molecule has 0 heterocycles. The predicted octanol–water partition coefficient (Wildman–Crippen LogP) is 2.20. The Kier molecular flexibility index (Phi) is 5.47. The topological polar surface area (TPSA) is 61.2 Å². The monoisotopic (exact) mass is 304 g/mol. The van der Waals surface area contributed by atoms with Crippen molar-refractivity contribution in [3.63, 3.8) is 0 Å². The molecule has 0 unspecified atom stereocenters. The van der Waals surface area contributed by atoms with Crippen LogP contribution in [0.15, 0.2) is 23.1 Å². The number of thioether (sulfide) groups is 1. The summed E-state index contributed by atoms with van der Waals surface area (Å²) in [7, 11) is -2.07. The van der Waals surface area contributed by atoms with E-state index in [0.29, 0.717) is 17.9 Å². The third kappa shape index (κ3) is 3.39. The first-order chi connectivity index (χ1) is 8.43. The van der Waals surface area contributed by atoms with Crippen molar-refractivity contribution < 1.29 is 8.42 Å². The van der Waals surface area contributed by atoms with E-state index >= 15 is 0 Å². The Morgan fingerprint density at radius 2 is 2.17 bits per heavy atom. The van der Waals surface area contributed by atoms with Gasteiger partial charge in [-0.1, -0.05) is 11.6 Å². The largest absolute Gasteiger partial charge is 0.244 e. The zero-order valence-corrected chi connectivity index (χ0v) is 12.4. The van der Waals surface area contributed by atoms with Crippen molar-refractivity contribution in [1.29, 1.82) is 5.26 Å². The minimum absolute atomic E-state index is 0.0340. The fourth-order valence-corrected chi connectivity index (χ4v) is 3.55. The number of sulfonamides is 1. The van der Waals surface area contributed by atoms with E-state index < -0.39 is 10.0 Å². The van der Waals surface area contributed by atoms with Crippen molar-refractivity contribution in [2.45, 2.75) is 4.90 Å². The van der Waals surface area contributed by atoms with Crippen LogP contribution in [-0.4, -0.2) is 38.3 Å². The van der Waals surface area contributed by atoms with Gasteiger partial charge in [-0.25, -0.2) is 12.7 Å². The molecule has 0 aromatic heterocycles. The summed E-state index contributed by atoms with van der Waals surface area (Å²) in [5.74, 6) is 0.712. The number of nitrogens with zero attached hydrogens (tertiary/aromatic N) is 2. The molecule has 4 nitrogen and oxygen atoms in total. The lowest BCUT2D eigenvalue weighted by atomic mass is 10.2. The van der Waals surface area contributed by atoms with Crippen LogP contribution in [-0.2, 0) is 10.0 Å². The van der Waals surface area contributed by atoms with Gasteiger partial charge in [0.05, 0.1) is 16.7 Å². The molecule has 1 aromatic rings. The molecule has 0 saturated carbocycles. The molecule has 0 radical (unpaired) electrons. The Morgan fingerprint density at radius 3 is 2.67 bits per heavy atom. The average Bonchev–Trinajstić information content (AvgIpc) is 2.35. The zero-order valence-electron chi connectivity index (χ0n) is 10.1. The van der Waals surface area contributed by atoms with Gasteiger partial charge in [0.25, 0.3) is 0 Å². The molecule has 1 rings (SSSR count). The Morgan fingerprint density at radius 1 is 1.50 bits per heavy atom. The van der Waals surface area contributed by atoms with Crippen molar-refractivity contribution >= 4 is 33.4 Å². The van der Waals surface area contributed by atoms with E-state index in [1.165, 1.54) is 29.6 Å². The van der Waals surface area contributed by atoms with E-state index in [0.717, 1.165) is 0 Å². The van der Waals surface area contributed by atoms with Crippen LogP contribution in [0.25, 0.3) is 0 Å². The highest BCUT2D eigenvalue weighted by molar-refractivity contribution is 7.98. The molecule has 0 atom stereocenters. The molecule has 0 amide bonds. The number of rotatable bonds is 5. The summed E-state index contributed by atoms with van der Waals surface area (Å²) in [6, 6.07) is 6.08. The summed E-state index contributed by atoms with van der Waals surface area (Å²) in [5.41, 5.74) is 0.339. The fraction of sp³-hybridized carbons (Fsp3) is 0.364. The number of nitriles is 1. The Bertz CT molecular complexity index is 567. The van der Waals surface area contributed by atoms with E-state index in [2.05, 4.69) is 0 Å². The highest BCUT2D eigenvalue weighted by Gasteiger charge is 2.23. The second-order valence-electron chi connectivity index (χ2n) is 3.58. The van der Waals surface area contributed by atoms with Gasteiger partial charge in [0, 0.05) is 19.3 Å². The second kappa shape index (κ2) is 6.43. The molecule has 98 valence electrons. The summed E-state index contributed by atoms with van der Waals surface area (Å²) < 4.78 is 25.7. The fourth-order valence-electron chi connectivity index (χ4n) is 1.29. The normalized spacial score (nSPS) is 11.5. The molecule has 0 aliphatic heterocycles. The quantitative estimate of drug-likeness (QED) is 0.836. The molecular weight excluding hydrogens is 292 g/mol. The van der Waals surface area contributed by atoms with Crippen molar-refractivity contribution in [2.24, 2.45) is 0 Å². The first-order valence-electron chi connectivity index (χ1n) is 5.08. The average molecular weight is 305 g/mol. The van der Waals surface area contributed by atoms with Crippen LogP contribution in [0.3, 0.4) is 0 Å². The second-order valence-corrected chi connectivity index (χ2v) is 6.98. The maximum atomic E-state index is 12.2. The Hall–Kier alpha value is -0.740. The van der Waals surface area contributed by atoms with Gasteiger partial charge in [0.15, 0.2) is 0 Å². The maximum absolute atomic E-state index is 12.2. The summed E-state index contributed by atoms with van der Waals surface area (Å²) in [5, 5.41) is 8.78. The lowest BCUT2D eigenvalue weighted by molar-refractivity contribution is 0.488. The molecule has 7 heteroatoms. The van der Waals surface area contributed by atoms with Gasteiger partial charge in [-0.3, -0.25) is 0 Å². The summed E-state index contributed by atoms with van der Waals surface area (Å²) in [6.07, 6.45) is 1.91.